The second kappa shape index (κ2) is 6.91. The third kappa shape index (κ3) is 3.41. The predicted molar refractivity (Wildman–Crippen MR) is 87.6 cm³/mol. The molecule has 0 amide bonds. The zero-order valence-corrected chi connectivity index (χ0v) is 13.2. The van der Waals surface area contributed by atoms with Crippen molar-refractivity contribution >= 4 is 17.0 Å². The van der Waals surface area contributed by atoms with Crippen molar-refractivity contribution < 1.29 is 5.11 Å². The van der Waals surface area contributed by atoms with Crippen molar-refractivity contribution in [1.29, 1.82) is 0 Å². The number of anilines is 1. The van der Waals surface area contributed by atoms with Crippen LogP contribution in [0.3, 0.4) is 0 Å². The fourth-order valence-corrected chi connectivity index (χ4v) is 3.23. The average Bonchev–Trinajstić information content (AvgIpc) is 2.98. The number of thiophene rings is 1. The van der Waals surface area contributed by atoms with E-state index in [0.29, 0.717) is 6.04 Å². The van der Waals surface area contributed by atoms with Crippen molar-refractivity contribution in [3.05, 3.63) is 52.2 Å². The molecule has 2 aromatic rings. The van der Waals surface area contributed by atoms with Crippen LogP contribution in [0.25, 0.3) is 0 Å². The maximum atomic E-state index is 10.2. The molecule has 2 unspecified atom stereocenters. The number of hydrogen-bond donors (Lipinski definition) is 1. The lowest BCUT2D eigenvalue weighted by Crippen LogP contribution is -2.31. The Morgan fingerprint density at radius 2 is 1.95 bits per heavy atom. The molecule has 0 aliphatic carbocycles. The number of para-hydroxylation sites is 1. The fraction of sp³-hybridized carbons (Fsp3) is 0.412. The highest BCUT2D eigenvalue weighted by molar-refractivity contribution is 7.09. The Balaban J connectivity index is 2.17. The number of aliphatic hydroxyl groups is 1. The Morgan fingerprint density at radius 1 is 1.20 bits per heavy atom. The Morgan fingerprint density at radius 3 is 2.60 bits per heavy atom. The lowest BCUT2D eigenvalue weighted by atomic mass is 10.0. The number of rotatable bonds is 6. The van der Waals surface area contributed by atoms with Gasteiger partial charge in [-0.15, -0.1) is 11.3 Å². The Hall–Kier alpha value is -1.32. The van der Waals surface area contributed by atoms with Gasteiger partial charge in [0.25, 0.3) is 0 Å². The van der Waals surface area contributed by atoms with Crippen LogP contribution in [-0.2, 0) is 6.42 Å². The molecular formula is C17H23NOS. The van der Waals surface area contributed by atoms with Gasteiger partial charge in [0, 0.05) is 35.6 Å². The average molecular weight is 289 g/mol. The maximum absolute atomic E-state index is 10.2. The molecule has 3 heteroatoms. The van der Waals surface area contributed by atoms with E-state index in [1.165, 1.54) is 4.88 Å². The van der Waals surface area contributed by atoms with Crippen LogP contribution < -0.4 is 4.90 Å². The first-order valence-electron chi connectivity index (χ1n) is 7.15. The Bertz CT molecular complexity index is 524. The SMILES string of the molecule is CCC(O)c1ccccc1N(C)C(C)Cc1cccs1. The number of aliphatic hydroxyl groups excluding tert-OH is 1. The molecule has 1 N–H and O–H groups in total. The van der Waals surface area contributed by atoms with Gasteiger partial charge in [-0.25, -0.2) is 0 Å². The zero-order chi connectivity index (χ0) is 14.5. The van der Waals surface area contributed by atoms with Crippen LogP contribution >= 0.6 is 11.3 Å². The standard InChI is InChI=1S/C17H23NOS/c1-4-17(19)15-9-5-6-10-16(15)18(3)13(2)12-14-8-7-11-20-14/h5-11,13,17,19H,4,12H2,1-3H3. The highest BCUT2D eigenvalue weighted by atomic mass is 32.1. The molecule has 20 heavy (non-hydrogen) atoms. The van der Waals surface area contributed by atoms with E-state index >= 15 is 0 Å². The van der Waals surface area contributed by atoms with Gasteiger partial charge in [0.05, 0.1) is 6.10 Å². The molecule has 2 atom stereocenters. The van der Waals surface area contributed by atoms with E-state index in [0.717, 1.165) is 24.1 Å². The molecule has 0 spiro atoms. The highest BCUT2D eigenvalue weighted by Crippen LogP contribution is 2.29. The summed E-state index contributed by atoms with van der Waals surface area (Å²) in [7, 11) is 2.11. The summed E-state index contributed by atoms with van der Waals surface area (Å²) >= 11 is 1.80. The Labute approximate surface area is 125 Å². The van der Waals surface area contributed by atoms with Crippen LogP contribution in [0.1, 0.15) is 36.8 Å². The molecule has 108 valence electrons. The molecule has 2 nitrogen and oxygen atoms in total. The minimum absolute atomic E-state index is 0.386. The van der Waals surface area contributed by atoms with E-state index in [9.17, 15) is 5.11 Å². The van der Waals surface area contributed by atoms with Gasteiger partial charge in [0.2, 0.25) is 0 Å². The summed E-state index contributed by atoms with van der Waals surface area (Å²) < 4.78 is 0. The molecule has 1 aromatic heterocycles. The third-order valence-electron chi connectivity index (χ3n) is 3.80. The molecule has 0 bridgehead atoms. The first-order chi connectivity index (χ1) is 9.63. The van der Waals surface area contributed by atoms with Crippen molar-refractivity contribution in [3.63, 3.8) is 0 Å². The summed E-state index contributed by atoms with van der Waals surface area (Å²) in [5, 5.41) is 12.3. The molecular weight excluding hydrogens is 266 g/mol. The van der Waals surface area contributed by atoms with Crippen molar-refractivity contribution in [2.75, 3.05) is 11.9 Å². The van der Waals surface area contributed by atoms with Crippen molar-refractivity contribution in [2.45, 2.75) is 38.8 Å². The van der Waals surface area contributed by atoms with Crippen LogP contribution in [0.2, 0.25) is 0 Å². The molecule has 2 rings (SSSR count). The summed E-state index contributed by atoms with van der Waals surface area (Å²) in [6.45, 7) is 4.24. The van der Waals surface area contributed by atoms with Gasteiger partial charge in [-0.3, -0.25) is 0 Å². The quantitative estimate of drug-likeness (QED) is 0.859. The van der Waals surface area contributed by atoms with Gasteiger partial charge in [0.15, 0.2) is 0 Å². The van der Waals surface area contributed by atoms with Crippen LogP contribution in [0.15, 0.2) is 41.8 Å². The van der Waals surface area contributed by atoms with Crippen molar-refractivity contribution in [1.82, 2.24) is 0 Å². The smallest absolute Gasteiger partial charge is 0.0807 e. The molecule has 1 heterocycles. The number of likely N-dealkylation sites (N-methyl/N-ethyl adjacent to an activating group) is 1. The lowest BCUT2D eigenvalue weighted by molar-refractivity contribution is 0.174. The summed E-state index contributed by atoms with van der Waals surface area (Å²) in [4.78, 5) is 3.67. The van der Waals surface area contributed by atoms with Gasteiger partial charge in [-0.05, 0) is 30.9 Å². The van der Waals surface area contributed by atoms with Gasteiger partial charge in [-0.2, -0.15) is 0 Å². The summed E-state index contributed by atoms with van der Waals surface area (Å²) in [6.07, 6.45) is 1.39. The van der Waals surface area contributed by atoms with Gasteiger partial charge in [0.1, 0.15) is 0 Å². The first-order valence-corrected chi connectivity index (χ1v) is 8.03. The fourth-order valence-electron chi connectivity index (χ4n) is 2.40. The van der Waals surface area contributed by atoms with E-state index < -0.39 is 0 Å². The highest BCUT2D eigenvalue weighted by Gasteiger charge is 2.17. The van der Waals surface area contributed by atoms with Crippen molar-refractivity contribution in [2.24, 2.45) is 0 Å². The van der Waals surface area contributed by atoms with Crippen LogP contribution in [-0.4, -0.2) is 18.2 Å². The topological polar surface area (TPSA) is 23.5 Å². The summed E-state index contributed by atoms with van der Waals surface area (Å²) in [5.74, 6) is 0. The van der Waals surface area contributed by atoms with Gasteiger partial charge < -0.3 is 10.0 Å². The summed E-state index contributed by atoms with van der Waals surface area (Å²) in [5.41, 5.74) is 2.15. The molecule has 0 saturated heterocycles. The summed E-state index contributed by atoms with van der Waals surface area (Å²) in [6, 6.07) is 12.8. The normalized spacial score (nSPS) is 14.0. The van der Waals surface area contributed by atoms with Crippen LogP contribution in [0.5, 0.6) is 0 Å². The Kier molecular flexibility index (Phi) is 5.21. The molecule has 0 saturated carbocycles. The van der Waals surface area contributed by atoms with E-state index in [-0.39, 0.29) is 6.10 Å². The minimum Gasteiger partial charge on any atom is -0.388 e. The van der Waals surface area contributed by atoms with Crippen LogP contribution in [0.4, 0.5) is 5.69 Å². The molecule has 0 aliphatic heterocycles. The van der Waals surface area contributed by atoms with E-state index in [4.69, 9.17) is 0 Å². The number of benzene rings is 1. The third-order valence-corrected chi connectivity index (χ3v) is 4.70. The predicted octanol–water partition coefficient (Wildman–Crippen LogP) is 4.26. The van der Waals surface area contributed by atoms with E-state index in [1.807, 2.05) is 25.1 Å². The second-order valence-corrected chi connectivity index (χ2v) is 6.26. The largest absolute Gasteiger partial charge is 0.388 e. The maximum Gasteiger partial charge on any atom is 0.0807 e. The van der Waals surface area contributed by atoms with E-state index in [2.05, 4.69) is 42.5 Å². The lowest BCUT2D eigenvalue weighted by Gasteiger charge is -2.30. The zero-order valence-electron chi connectivity index (χ0n) is 12.4. The van der Waals surface area contributed by atoms with Crippen LogP contribution in [0, 0.1) is 0 Å². The van der Waals surface area contributed by atoms with E-state index in [1.54, 1.807) is 11.3 Å². The number of nitrogens with zero attached hydrogens (tertiary/aromatic N) is 1. The molecule has 0 aliphatic rings. The van der Waals surface area contributed by atoms with Gasteiger partial charge >= 0.3 is 0 Å². The monoisotopic (exact) mass is 289 g/mol. The number of hydrogen-bond acceptors (Lipinski definition) is 3. The van der Waals surface area contributed by atoms with Crippen molar-refractivity contribution in [3.8, 4) is 0 Å². The second-order valence-electron chi connectivity index (χ2n) is 5.23. The molecule has 0 fully saturated rings. The molecule has 1 aromatic carbocycles. The van der Waals surface area contributed by atoms with Gasteiger partial charge in [-0.1, -0.05) is 31.2 Å². The molecule has 0 radical (unpaired) electrons. The first kappa shape index (κ1) is 15.1. The minimum atomic E-state index is -0.386.